The number of ketones is 1. The van der Waals surface area contributed by atoms with Gasteiger partial charge in [0, 0.05) is 6.42 Å². The van der Waals surface area contributed by atoms with Crippen LogP contribution in [-0.2, 0) is 4.79 Å². The maximum atomic E-state index is 12.0. The minimum Gasteiger partial charge on any atom is -0.496 e. The van der Waals surface area contributed by atoms with Gasteiger partial charge in [-0.3, -0.25) is 4.79 Å². The van der Waals surface area contributed by atoms with Crippen molar-refractivity contribution in [3.05, 3.63) is 41.5 Å². The molecular formula is C17H22O2. The van der Waals surface area contributed by atoms with Crippen molar-refractivity contribution >= 4 is 5.78 Å². The summed E-state index contributed by atoms with van der Waals surface area (Å²) in [6.45, 7) is 6.49. The van der Waals surface area contributed by atoms with Crippen molar-refractivity contribution in [3.8, 4) is 5.75 Å². The first-order valence-corrected chi connectivity index (χ1v) is 6.78. The summed E-state index contributed by atoms with van der Waals surface area (Å²) in [5, 5.41) is 0. The van der Waals surface area contributed by atoms with Crippen molar-refractivity contribution in [2.24, 2.45) is 5.41 Å². The zero-order valence-corrected chi connectivity index (χ0v) is 12.2. The first kappa shape index (κ1) is 13.9. The Labute approximate surface area is 115 Å². The van der Waals surface area contributed by atoms with Gasteiger partial charge in [-0.15, -0.1) is 0 Å². The number of hydrogen-bond acceptors (Lipinski definition) is 2. The maximum Gasteiger partial charge on any atom is 0.156 e. The minimum absolute atomic E-state index is 0.0519. The van der Waals surface area contributed by atoms with Crippen LogP contribution in [0.5, 0.6) is 5.75 Å². The fourth-order valence-corrected chi connectivity index (χ4v) is 2.64. The van der Waals surface area contributed by atoms with E-state index >= 15 is 0 Å². The molecule has 1 atom stereocenters. The number of carbonyl (C=O) groups is 1. The molecule has 1 unspecified atom stereocenters. The predicted molar refractivity (Wildman–Crippen MR) is 77.5 cm³/mol. The summed E-state index contributed by atoms with van der Waals surface area (Å²) in [7, 11) is 1.68. The molecule has 1 aromatic carbocycles. The second kappa shape index (κ2) is 5.20. The van der Waals surface area contributed by atoms with Gasteiger partial charge in [-0.2, -0.15) is 0 Å². The molecule has 0 N–H and O–H groups in total. The smallest absolute Gasteiger partial charge is 0.156 e. The SMILES string of the molecule is COc1ccccc1C1CC(=O)C=C(C(C)(C)C)C1. The highest BCUT2D eigenvalue weighted by Crippen LogP contribution is 2.41. The van der Waals surface area contributed by atoms with Crippen LogP contribution in [-0.4, -0.2) is 12.9 Å². The van der Waals surface area contributed by atoms with Crippen molar-refractivity contribution in [3.63, 3.8) is 0 Å². The van der Waals surface area contributed by atoms with Gasteiger partial charge in [0.05, 0.1) is 7.11 Å². The molecule has 0 saturated carbocycles. The fraction of sp³-hybridized carbons (Fsp3) is 0.471. The molecule has 0 aromatic heterocycles. The van der Waals surface area contributed by atoms with E-state index in [9.17, 15) is 4.79 Å². The van der Waals surface area contributed by atoms with Gasteiger partial charge in [0.25, 0.3) is 0 Å². The number of carbonyl (C=O) groups excluding carboxylic acids is 1. The van der Waals surface area contributed by atoms with E-state index < -0.39 is 0 Å². The second-order valence-corrected chi connectivity index (χ2v) is 6.23. The molecule has 0 fully saturated rings. The molecular weight excluding hydrogens is 236 g/mol. The molecule has 0 aliphatic heterocycles. The third kappa shape index (κ3) is 3.06. The normalized spacial score (nSPS) is 20.1. The number of hydrogen-bond donors (Lipinski definition) is 0. The van der Waals surface area contributed by atoms with Crippen molar-refractivity contribution in [1.82, 2.24) is 0 Å². The van der Waals surface area contributed by atoms with Crippen LogP contribution in [0.2, 0.25) is 0 Å². The maximum absolute atomic E-state index is 12.0. The molecule has 1 aromatic rings. The molecule has 2 nitrogen and oxygen atoms in total. The number of methoxy groups -OCH3 is 1. The third-order valence-electron chi connectivity index (χ3n) is 3.79. The van der Waals surface area contributed by atoms with Crippen LogP contribution in [0.15, 0.2) is 35.9 Å². The minimum atomic E-state index is 0.0519. The highest BCUT2D eigenvalue weighted by atomic mass is 16.5. The van der Waals surface area contributed by atoms with Crippen LogP contribution in [0.3, 0.4) is 0 Å². The lowest BCUT2D eigenvalue weighted by molar-refractivity contribution is -0.115. The fourth-order valence-electron chi connectivity index (χ4n) is 2.64. The summed E-state index contributed by atoms with van der Waals surface area (Å²) < 4.78 is 5.42. The lowest BCUT2D eigenvalue weighted by atomic mass is 9.74. The summed E-state index contributed by atoms with van der Waals surface area (Å²) >= 11 is 0. The zero-order valence-electron chi connectivity index (χ0n) is 12.2. The van der Waals surface area contributed by atoms with Crippen molar-refractivity contribution in [1.29, 1.82) is 0 Å². The average Bonchev–Trinajstić information content (AvgIpc) is 2.37. The lowest BCUT2D eigenvalue weighted by Crippen LogP contribution is -2.20. The van der Waals surface area contributed by atoms with Gasteiger partial charge in [-0.05, 0) is 35.5 Å². The Kier molecular flexibility index (Phi) is 3.79. The van der Waals surface area contributed by atoms with E-state index in [1.165, 1.54) is 5.57 Å². The Morgan fingerprint density at radius 3 is 2.47 bits per heavy atom. The van der Waals surface area contributed by atoms with E-state index in [2.05, 4.69) is 26.8 Å². The number of allylic oxidation sites excluding steroid dienone is 2. The average molecular weight is 258 g/mol. The Hall–Kier alpha value is -1.57. The van der Waals surface area contributed by atoms with Gasteiger partial charge in [-0.1, -0.05) is 44.5 Å². The van der Waals surface area contributed by atoms with Gasteiger partial charge >= 0.3 is 0 Å². The Balaban J connectivity index is 2.33. The molecule has 0 radical (unpaired) electrons. The summed E-state index contributed by atoms with van der Waals surface area (Å²) in [6, 6.07) is 8.02. The molecule has 19 heavy (non-hydrogen) atoms. The molecule has 1 aliphatic rings. The predicted octanol–water partition coefficient (Wildman–Crippen LogP) is 4.11. The first-order chi connectivity index (χ1) is 8.91. The highest BCUT2D eigenvalue weighted by molar-refractivity contribution is 5.92. The topological polar surface area (TPSA) is 26.3 Å². The van der Waals surface area contributed by atoms with E-state index in [0.717, 1.165) is 17.7 Å². The molecule has 0 saturated heterocycles. The van der Waals surface area contributed by atoms with Crippen LogP contribution >= 0.6 is 0 Å². The van der Waals surface area contributed by atoms with Crippen molar-refractivity contribution in [2.75, 3.05) is 7.11 Å². The number of rotatable bonds is 2. The molecule has 0 bridgehead atoms. The number of benzene rings is 1. The van der Waals surface area contributed by atoms with E-state index in [4.69, 9.17) is 4.74 Å². The van der Waals surface area contributed by atoms with Crippen LogP contribution in [0.4, 0.5) is 0 Å². The van der Waals surface area contributed by atoms with Gasteiger partial charge in [0.2, 0.25) is 0 Å². The number of ether oxygens (including phenoxy) is 1. The van der Waals surface area contributed by atoms with Gasteiger partial charge in [0.1, 0.15) is 5.75 Å². The summed E-state index contributed by atoms with van der Waals surface area (Å²) in [6.07, 6.45) is 3.36. The second-order valence-electron chi connectivity index (χ2n) is 6.23. The Morgan fingerprint density at radius 1 is 1.16 bits per heavy atom. The van der Waals surface area contributed by atoms with Crippen LogP contribution < -0.4 is 4.74 Å². The van der Waals surface area contributed by atoms with E-state index in [1.807, 2.05) is 24.3 Å². The van der Waals surface area contributed by atoms with Crippen molar-refractivity contribution in [2.45, 2.75) is 39.5 Å². The molecule has 0 amide bonds. The summed E-state index contributed by atoms with van der Waals surface area (Å²) in [5.41, 5.74) is 2.43. The largest absolute Gasteiger partial charge is 0.496 e. The quantitative estimate of drug-likeness (QED) is 0.797. The van der Waals surface area contributed by atoms with E-state index in [0.29, 0.717) is 6.42 Å². The first-order valence-electron chi connectivity index (χ1n) is 6.78. The molecule has 0 heterocycles. The van der Waals surface area contributed by atoms with Gasteiger partial charge < -0.3 is 4.74 Å². The molecule has 0 spiro atoms. The van der Waals surface area contributed by atoms with Gasteiger partial charge in [-0.25, -0.2) is 0 Å². The third-order valence-corrected chi connectivity index (χ3v) is 3.79. The van der Waals surface area contributed by atoms with Crippen LogP contribution in [0, 0.1) is 5.41 Å². The standard InChI is InChI=1S/C17H22O2/c1-17(2,3)13-9-12(10-14(18)11-13)15-7-5-6-8-16(15)19-4/h5-8,11-12H,9-10H2,1-4H3. The van der Waals surface area contributed by atoms with Crippen LogP contribution in [0.25, 0.3) is 0 Å². The zero-order chi connectivity index (χ0) is 14.0. The Morgan fingerprint density at radius 2 is 1.84 bits per heavy atom. The van der Waals surface area contributed by atoms with Crippen molar-refractivity contribution < 1.29 is 9.53 Å². The van der Waals surface area contributed by atoms with Gasteiger partial charge in [0.15, 0.2) is 5.78 Å². The van der Waals surface area contributed by atoms with E-state index in [1.54, 1.807) is 7.11 Å². The molecule has 102 valence electrons. The summed E-state index contributed by atoms with van der Waals surface area (Å²) in [5.74, 6) is 1.35. The molecule has 2 rings (SSSR count). The van der Waals surface area contributed by atoms with E-state index in [-0.39, 0.29) is 17.1 Å². The Bertz CT molecular complexity index is 506. The monoisotopic (exact) mass is 258 g/mol. The van der Waals surface area contributed by atoms with Crippen LogP contribution in [0.1, 0.15) is 45.1 Å². The number of para-hydroxylation sites is 1. The molecule has 1 aliphatic carbocycles. The highest BCUT2D eigenvalue weighted by Gasteiger charge is 2.29. The lowest BCUT2D eigenvalue weighted by Gasteiger charge is -2.31. The molecule has 2 heteroatoms. The summed E-state index contributed by atoms with van der Waals surface area (Å²) in [4.78, 5) is 12.0.